The lowest BCUT2D eigenvalue weighted by Gasteiger charge is -2.30. The number of amides is 1. The zero-order valence-corrected chi connectivity index (χ0v) is 12.0. The second-order valence-electron chi connectivity index (χ2n) is 5.52. The van der Waals surface area contributed by atoms with Crippen molar-refractivity contribution in [2.24, 2.45) is 0 Å². The fourth-order valence-electron chi connectivity index (χ4n) is 2.54. The molecule has 1 aliphatic rings. The van der Waals surface area contributed by atoms with Gasteiger partial charge in [0, 0.05) is 18.6 Å². The zero-order chi connectivity index (χ0) is 14.7. The van der Waals surface area contributed by atoms with Crippen LogP contribution in [0.1, 0.15) is 37.0 Å². The first-order valence-electron chi connectivity index (χ1n) is 7.06. The van der Waals surface area contributed by atoms with Crippen molar-refractivity contribution in [3.8, 4) is 11.5 Å². The van der Waals surface area contributed by atoms with Crippen molar-refractivity contribution in [2.75, 3.05) is 13.1 Å². The third kappa shape index (κ3) is 3.04. The van der Waals surface area contributed by atoms with Crippen LogP contribution >= 0.6 is 0 Å². The van der Waals surface area contributed by atoms with E-state index < -0.39 is 0 Å². The van der Waals surface area contributed by atoms with Crippen molar-refractivity contribution in [1.29, 1.82) is 0 Å². The van der Waals surface area contributed by atoms with Gasteiger partial charge in [-0.1, -0.05) is 6.07 Å². The van der Waals surface area contributed by atoms with E-state index in [1.165, 1.54) is 12.1 Å². The molecule has 110 valence electrons. The Kier molecular flexibility index (Phi) is 4.49. The number of phenols is 2. The molecule has 1 aromatic carbocycles. The molecule has 1 atom stereocenters. The Bertz CT molecular complexity index is 482. The van der Waals surface area contributed by atoms with Crippen LogP contribution in [0.15, 0.2) is 18.2 Å². The number of para-hydroxylation sites is 1. The second-order valence-corrected chi connectivity index (χ2v) is 5.52. The van der Waals surface area contributed by atoms with Crippen molar-refractivity contribution in [1.82, 2.24) is 10.2 Å². The summed E-state index contributed by atoms with van der Waals surface area (Å²) in [5.74, 6) is -0.858. The predicted octanol–water partition coefficient (Wildman–Crippen LogP) is 1.70. The molecule has 5 heteroatoms. The molecule has 3 N–H and O–H groups in total. The first-order valence-corrected chi connectivity index (χ1v) is 7.06. The summed E-state index contributed by atoms with van der Waals surface area (Å²) in [5, 5.41) is 22.7. The van der Waals surface area contributed by atoms with Crippen LogP contribution in [0.4, 0.5) is 0 Å². The maximum absolute atomic E-state index is 12.6. The lowest BCUT2D eigenvalue weighted by Crippen LogP contribution is -2.44. The third-order valence-corrected chi connectivity index (χ3v) is 3.71. The fourth-order valence-corrected chi connectivity index (χ4v) is 2.54. The van der Waals surface area contributed by atoms with Gasteiger partial charge in [-0.3, -0.25) is 4.79 Å². The normalized spacial score (nSPS) is 18.4. The average molecular weight is 278 g/mol. The van der Waals surface area contributed by atoms with E-state index in [9.17, 15) is 15.0 Å². The molecule has 0 radical (unpaired) electrons. The van der Waals surface area contributed by atoms with E-state index in [1.54, 1.807) is 11.0 Å². The standard InChI is InChI=1S/C15H22N2O3/c1-10(2)17(9-11-5-4-8-16-11)15(20)12-6-3-7-13(18)14(12)19/h3,6-7,10-11,16,18-19H,4-5,8-9H2,1-2H3. The van der Waals surface area contributed by atoms with Crippen LogP contribution in [-0.2, 0) is 0 Å². The van der Waals surface area contributed by atoms with E-state index in [4.69, 9.17) is 0 Å². The molecule has 0 spiro atoms. The van der Waals surface area contributed by atoms with Crippen LogP contribution in [-0.4, -0.2) is 46.2 Å². The van der Waals surface area contributed by atoms with Gasteiger partial charge in [-0.15, -0.1) is 0 Å². The van der Waals surface area contributed by atoms with Crippen molar-refractivity contribution >= 4 is 5.91 Å². The molecule has 5 nitrogen and oxygen atoms in total. The monoisotopic (exact) mass is 278 g/mol. The van der Waals surface area contributed by atoms with E-state index in [0.29, 0.717) is 12.6 Å². The largest absolute Gasteiger partial charge is 0.504 e. The number of rotatable bonds is 4. The van der Waals surface area contributed by atoms with Gasteiger partial charge in [0.25, 0.3) is 5.91 Å². The van der Waals surface area contributed by atoms with E-state index in [-0.39, 0.29) is 29.0 Å². The maximum atomic E-state index is 12.6. The quantitative estimate of drug-likeness (QED) is 0.733. The zero-order valence-electron chi connectivity index (χ0n) is 12.0. The summed E-state index contributed by atoms with van der Waals surface area (Å²) in [4.78, 5) is 14.3. The molecule has 1 amide bonds. The smallest absolute Gasteiger partial charge is 0.258 e. The van der Waals surface area contributed by atoms with Crippen molar-refractivity contribution in [3.63, 3.8) is 0 Å². The number of aromatic hydroxyl groups is 2. The first-order chi connectivity index (χ1) is 9.50. The molecule has 1 aromatic rings. The molecule has 20 heavy (non-hydrogen) atoms. The summed E-state index contributed by atoms with van der Waals surface area (Å²) in [7, 11) is 0. The van der Waals surface area contributed by atoms with Gasteiger partial charge in [-0.05, 0) is 45.4 Å². The lowest BCUT2D eigenvalue weighted by atomic mass is 10.1. The van der Waals surface area contributed by atoms with E-state index in [1.807, 2.05) is 13.8 Å². The highest BCUT2D eigenvalue weighted by molar-refractivity contribution is 5.97. The van der Waals surface area contributed by atoms with Crippen LogP contribution < -0.4 is 5.32 Å². The molecule has 0 bridgehead atoms. The van der Waals surface area contributed by atoms with Gasteiger partial charge in [-0.2, -0.15) is 0 Å². The Labute approximate surface area is 119 Å². The molecule has 1 heterocycles. The van der Waals surface area contributed by atoms with Crippen LogP contribution in [0.2, 0.25) is 0 Å². The van der Waals surface area contributed by atoms with Gasteiger partial charge in [0.2, 0.25) is 0 Å². The summed E-state index contributed by atoms with van der Waals surface area (Å²) in [5.41, 5.74) is 0.150. The summed E-state index contributed by atoms with van der Waals surface area (Å²) >= 11 is 0. The minimum Gasteiger partial charge on any atom is -0.504 e. The number of nitrogens with zero attached hydrogens (tertiary/aromatic N) is 1. The van der Waals surface area contributed by atoms with Gasteiger partial charge < -0.3 is 20.4 Å². The molecule has 1 aliphatic heterocycles. The molecule has 1 saturated heterocycles. The number of hydrogen-bond donors (Lipinski definition) is 3. The molecule has 1 fully saturated rings. The van der Waals surface area contributed by atoms with Gasteiger partial charge in [0.1, 0.15) is 0 Å². The van der Waals surface area contributed by atoms with Crippen LogP contribution in [0.5, 0.6) is 11.5 Å². The number of carbonyl (C=O) groups is 1. The van der Waals surface area contributed by atoms with Crippen LogP contribution in [0.3, 0.4) is 0 Å². The topological polar surface area (TPSA) is 72.8 Å². The maximum Gasteiger partial charge on any atom is 0.258 e. The molecule has 1 unspecified atom stereocenters. The Morgan fingerprint density at radius 1 is 1.45 bits per heavy atom. The van der Waals surface area contributed by atoms with Gasteiger partial charge in [0.15, 0.2) is 11.5 Å². The average Bonchev–Trinajstić information content (AvgIpc) is 2.91. The van der Waals surface area contributed by atoms with E-state index in [2.05, 4.69) is 5.32 Å². The number of carbonyl (C=O) groups excluding carboxylic acids is 1. The Morgan fingerprint density at radius 2 is 2.20 bits per heavy atom. The highest BCUT2D eigenvalue weighted by atomic mass is 16.3. The Hall–Kier alpha value is -1.75. The molecule has 0 saturated carbocycles. The van der Waals surface area contributed by atoms with Gasteiger partial charge >= 0.3 is 0 Å². The van der Waals surface area contributed by atoms with Crippen molar-refractivity contribution in [3.05, 3.63) is 23.8 Å². The Balaban J connectivity index is 2.19. The molecular formula is C15H22N2O3. The summed E-state index contributed by atoms with van der Waals surface area (Å²) in [6.45, 7) is 5.51. The number of nitrogens with one attached hydrogen (secondary N) is 1. The van der Waals surface area contributed by atoms with Crippen molar-refractivity contribution in [2.45, 2.75) is 38.8 Å². The van der Waals surface area contributed by atoms with Gasteiger partial charge in [0.05, 0.1) is 5.56 Å². The molecular weight excluding hydrogens is 256 g/mol. The highest BCUT2D eigenvalue weighted by Crippen LogP contribution is 2.29. The van der Waals surface area contributed by atoms with E-state index >= 15 is 0 Å². The summed E-state index contributed by atoms with van der Waals surface area (Å²) < 4.78 is 0. The van der Waals surface area contributed by atoms with Crippen LogP contribution in [0, 0.1) is 0 Å². The number of benzene rings is 1. The Morgan fingerprint density at radius 3 is 2.80 bits per heavy atom. The second kappa shape index (κ2) is 6.13. The predicted molar refractivity (Wildman–Crippen MR) is 77.0 cm³/mol. The molecule has 0 aliphatic carbocycles. The summed E-state index contributed by atoms with van der Waals surface area (Å²) in [6.07, 6.45) is 2.19. The highest BCUT2D eigenvalue weighted by Gasteiger charge is 2.26. The fraction of sp³-hybridized carbons (Fsp3) is 0.533. The number of phenolic OH excluding ortho intramolecular Hbond substituents is 2. The minimum absolute atomic E-state index is 0.0339. The molecule has 2 rings (SSSR count). The third-order valence-electron chi connectivity index (χ3n) is 3.71. The summed E-state index contributed by atoms with van der Waals surface area (Å²) in [6, 6.07) is 4.81. The van der Waals surface area contributed by atoms with Crippen molar-refractivity contribution < 1.29 is 15.0 Å². The van der Waals surface area contributed by atoms with Crippen LogP contribution in [0.25, 0.3) is 0 Å². The molecule has 0 aromatic heterocycles. The van der Waals surface area contributed by atoms with Gasteiger partial charge in [-0.25, -0.2) is 0 Å². The first kappa shape index (κ1) is 14.7. The SMILES string of the molecule is CC(C)N(CC1CCCN1)C(=O)c1cccc(O)c1O. The van der Waals surface area contributed by atoms with E-state index in [0.717, 1.165) is 19.4 Å². The minimum atomic E-state index is -0.345. The lowest BCUT2D eigenvalue weighted by molar-refractivity contribution is 0.0685. The number of hydrogen-bond acceptors (Lipinski definition) is 4.